The van der Waals surface area contributed by atoms with Crippen LogP contribution in [-0.2, 0) is 12.7 Å². The van der Waals surface area contributed by atoms with Gasteiger partial charge in [-0.3, -0.25) is 15.1 Å². The number of halogens is 3. The van der Waals surface area contributed by atoms with Gasteiger partial charge in [-0.2, -0.15) is 13.2 Å². The number of nitrogens with zero attached hydrogens (tertiary/aromatic N) is 3. The zero-order chi connectivity index (χ0) is 25.0. The van der Waals surface area contributed by atoms with E-state index in [2.05, 4.69) is 4.98 Å². The van der Waals surface area contributed by atoms with Crippen molar-refractivity contribution in [2.45, 2.75) is 44.1 Å². The van der Waals surface area contributed by atoms with Crippen molar-refractivity contribution in [1.82, 2.24) is 4.98 Å². The quantitative estimate of drug-likeness (QED) is 0.296. The van der Waals surface area contributed by atoms with Crippen LogP contribution in [0.3, 0.4) is 0 Å². The van der Waals surface area contributed by atoms with E-state index >= 15 is 0 Å². The summed E-state index contributed by atoms with van der Waals surface area (Å²) < 4.78 is 40.0. The minimum absolute atomic E-state index is 0.0497. The number of aliphatic hydroxyl groups excluding tert-OH is 1. The molecular formula is C25H25F3N3O4+. The first-order valence-electron chi connectivity index (χ1n) is 11.5. The molecule has 1 unspecified atom stereocenters. The number of aromatic hydroxyl groups is 1. The van der Waals surface area contributed by atoms with Gasteiger partial charge in [-0.1, -0.05) is 0 Å². The summed E-state index contributed by atoms with van der Waals surface area (Å²) in [5.74, 6) is 0.465. The topological polar surface area (TPSA) is 96.5 Å². The first kappa shape index (κ1) is 23.5. The van der Waals surface area contributed by atoms with Crippen LogP contribution in [0.1, 0.15) is 42.1 Å². The third kappa shape index (κ3) is 4.21. The molecule has 3 aliphatic heterocycles. The number of fused-ring (bicyclic) bond motifs is 4. The molecule has 3 aromatic rings. The summed E-state index contributed by atoms with van der Waals surface area (Å²) in [6.45, 7) is 1.52. The molecule has 184 valence electrons. The van der Waals surface area contributed by atoms with Crippen molar-refractivity contribution in [1.29, 1.82) is 0 Å². The van der Waals surface area contributed by atoms with Crippen LogP contribution in [0.4, 0.5) is 18.9 Å². The van der Waals surface area contributed by atoms with E-state index in [9.17, 15) is 33.5 Å². The van der Waals surface area contributed by atoms with Crippen molar-refractivity contribution in [3.05, 3.63) is 75.5 Å². The molecule has 0 radical (unpaired) electrons. The number of phenols is 1. The van der Waals surface area contributed by atoms with Crippen LogP contribution in [0.5, 0.6) is 5.75 Å². The van der Waals surface area contributed by atoms with Crippen molar-refractivity contribution >= 4 is 16.6 Å². The number of nitro groups is 1. The van der Waals surface area contributed by atoms with E-state index in [0.717, 1.165) is 18.9 Å². The van der Waals surface area contributed by atoms with Gasteiger partial charge in [0.05, 0.1) is 34.7 Å². The van der Waals surface area contributed by atoms with Gasteiger partial charge in [0.25, 0.3) is 5.69 Å². The molecule has 7 nitrogen and oxygen atoms in total. The second-order valence-corrected chi connectivity index (χ2v) is 9.72. The average molecular weight is 488 g/mol. The minimum atomic E-state index is -4.67. The van der Waals surface area contributed by atoms with E-state index < -0.39 is 28.5 Å². The van der Waals surface area contributed by atoms with Gasteiger partial charge in [-0.15, -0.1) is 0 Å². The summed E-state index contributed by atoms with van der Waals surface area (Å²) in [5.41, 5.74) is -0.126. The van der Waals surface area contributed by atoms with Crippen molar-refractivity contribution in [2.75, 3.05) is 13.1 Å². The Bertz CT molecular complexity index is 1290. The molecule has 0 spiro atoms. The van der Waals surface area contributed by atoms with Crippen LogP contribution in [0.15, 0.2) is 48.7 Å². The van der Waals surface area contributed by atoms with Crippen molar-refractivity contribution in [3.63, 3.8) is 0 Å². The molecule has 0 amide bonds. The van der Waals surface area contributed by atoms with Gasteiger partial charge in [-0.05, 0) is 60.7 Å². The van der Waals surface area contributed by atoms with Crippen LogP contribution in [0.2, 0.25) is 0 Å². The van der Waals surface area contributed by atoms with Gasteiger partial charge < -0.3 is 14.7 Å². The zero-order valence-electron chi connectivity index (χ0n) is 18.8. The molecule has 0 saturated carbocycles. The second kappa shape index (κ2) is 8.46. The fraction of sp³-hybridized carbons (Fsp3) is 0.400. The first-order valence-corrected chi connectivity index (χ1v) is 11.5. The Hall–Kier alpha value is -3.24. The molecule has 3 saturated heterocycles. The van der Waals surface area contributed by atoms with Crippen LogP contribution >= 0.6 is 0 Å². The molecule has 3 aliphatic rings. The van der Waals surface area contributed by atoms with Crippen molar-refractivity contribution < 1.29 is 32.8 Å². The molecule has 0 aliphatic carbocycles. The lowest BCUT2D eigenvalue weighted by Crippen LogP contribution is -2.65. The number of aliphatic hydroxyl groups is 1. The Morgan fingerprint density at radius 3 is 2.57 bits per heavy atom. The number of alkyl halides is 3. The molecule has 6 rings (SSSR count). The summed E-state index contributed by atoms with van der Waals surface area (Å²) >= 11 is 0. The number of benzene rings is 2. The molecule has 10 heteroatoms. The monoisotopic (exact) mass is 488 g/mol. The Morgan fingerprint density at radius 1 is 1.14 bits per heavy atom. The lowest BCUT2D eigenvalue weighted by atomic mass is 9.76. The van der Waals surface area contributed by atoms with Gasteiger partial charge in [0.2, 0.25) is 0 Å². The van der Waals surface area contributed by atoms with Crippen molar-refractivity contribution in [2.24, 2.45) is 5.92 Å². The number of hydrogen-bond acceptors (Lipinski definition) is 5. The fourth-order valence-corrected chi connectivity index (χ4v) is 5.98. The van der Waals surface area contributed by atoms with Gasteiger partial charge in [0.1, 0.15) is 24.4 Å². The molecule has 2 aromatic carbocycles. The molecule has 35 heavy (non-hydrogen) atoms. The van der Waals surface area contributed by atoms with Crippen LogP contribution in [0.25, 0.3) is 10.9 Å². The SMILES string of the molecule is O=[N+]([O-])c1cc(C(F)(F)F)ccc1C[N+]12CCC(CC1)CC2[C@@H](O)c1ccnc2ccc(O)cc12. The van der Waals surface area contributed by atoms with Gasteiger partial charge in [0.15, 0.2) is 0 Å². The highest BCUT2D eigenvalue weighted by molar-refractivity contribution is 5.83. The summed E-state index contributed by atoms with van der Waals surface area (Å²) in [4.78, 5) is 15.3. The number of piperidine rings is 3. The largest absolute Gasteiger partial charge is 0.508 e. The second-order valence-electron chi connectivity index (χ2n) is 9.72. The smallest absolute Gasteiger partial charge is 0.416 e. The minimum Gasteiger partial charge on any atom is -0.508 e. The average Bonchev–Trinajstić information content (AvgIpc) is 2.83. The summed E-state index contributed by atoms with van der Waals surface area (Å²) in [6, 6.07) is 8.88. The highest BCUT2D eigenvalue weighted by Crippen LogP contribution is 2.46. The standard InChI is InChI=1S/C25H24F3N3O4/c26-25(27,28)17-2-1-16(22(12-17)30(34)35)14-31-9-6-15(7-10-31)11-23(31)24(33)19-5-8-29-21-4-3-18(32)13-20(19)21/h1-5,8,12-13,15,23-24,33H,6-7,9-11,14H2/p+1/t15?,23?,24-,31?/m0/s1. The Balaban J connectivity index is 1.55. The van der Waals surface area contributed by atoms with E-state index in [1.807, 2.05) is 0 Å². The third-order valence-corrected chi connectivity index (χ3v) is 7.78. The number of pyridine rings is 1. The fourth-order valence-electron chi connectivity index (χ4n) is 5.98. The summed E-state index contributed by atoms with van der Waals surface area (Å²) in [7, 11) is 0. The molecule has 2 atom stereocenters. The number of phenolic OH excluding ortho intramolecular Hbond substituents is 1. The van der Waals surface area contributed by atoms with Gasteiger partial charge in [-0.25, -0.2) is 0 Å². The number of nitro benzene ring substituents is 1. The lowest BCUT2D eigenvalue weighted by molar-refractivity contribution is -0.982. The van der Waals surface area contributed by atoms with E-state index in [1.54, 1.807) is 24.4 Å². The molecule has 4 heterocycles. The molecule has 3 fully saturated rings. The maximum absolute atomic E-state index is 13.2. The number of rotatable bonds is 5. The normalized spacial score (nSPS) is 25.0. The molecule has 2 bridgehead atoms. The van der Waals surface area contributed by atoms with E-state index in [1.165, 1.54) is 12.1 Å². The highest BCUT2D eigenvalue weighted by Gasteiger charge is 2.51. The maximum Gasteiger partial charge on any atom is 0.416 e. The Morgan fingerprint density at radius 2 is 1.89 bits per heavy atom. The number of hydrogen-bond donors (Lipinski definition) is 2. The van der Waals surface area contributed by atoms with Gasteiger partial charge in [0, 0.05) is 24.1 Å². The van der Waals surface area contributed by atoms with Crippen LogP contribution in [0, 0.1) is 16.0 Å². The zero-order valence-corrected chi connectivity index (χ0v) is 18.8. The first-order chi connectivity index (χ1) is 16.6. The van der Waals surface area contributed by atoms with Gasteiger partial charge >= 0.3 is 6.18 Å². The number of quaternary nitrogens is 1. The summed E-state index contributed by atoms with van der Waals surface area (Å²) in [6.07, 6.45) is -1.51. The van der Waals surface area contributed by atoms with Crippen molar-refractivity contribution in [3.8, 4) is 5.75 Å². The predicted molar refractivity (Wildman–Crippen MR) is 121 cm³/mol. The highest BCUT2D eigenvalue weighted by atomic mass is 19.4. The molecule has 2 N–H and O–H groups in total. The third-order valence-electron chi connectivity index (χ3n) is 7.78. The predicted octanol–water partition coefficient (Wildman–Crippen LogP) is 5.10. The Kier molecular flexibility index (Phi) is 5.68. The Labute approximate surface area is 199 Å². The summed E-state index contributed by atoms with van der Waals surface area (Å²) in [5, 5.41) is 34.0. The van der Waals surface area contributed by atoms with E-state index in [0.29, 0.717) is 52.4 Å². The maximum atomic E-state index is 13.2. The van der Waals surface area contributed by atoms with E-state index in [4.69, 9.17) is 0 Å². The molecular weight excluding hydrogens is 463 g/mol. The number of aromatic nitrogens is 1. The van der Waals surface area contributed by atoms with Crippen LogP contribution in [-0.4, -0.2) is 43.7 Å². The lowest BCUT2D eigenvalue weighted by Gasteiger charge is -2.55. The molecule has 1 aromatic heterocycles. The van der Waals surface area contributed by atoms with E-state index in [-0.39, 0.29) is 23.9 Å². The van der Waals surface area contributed by atoms with Crippen LogP contribution < -0.4 is 0 Å².